The van der Waals surface area contributed by atoms with E-state index in [2.05, 4.69) is 4.98 Å². The molecule has 0 bridgehead atoms. The third kappa shape index (κ3) is 2.50. The van der Waals surface area contributed by atoms with Crippen LogP contribution in [0.4, 0.5) is 4.39 Å². The molecule has 1 aromatic heterocycles. The van der Waals surface area contributed by atoms with Crippen molar-refractivity contribution in [3.63, 3.8) is 0 Å². The summed E-state index contributed by atoms with van der Waals surface area (Å²) in [6.07, 6.45) is 1.80. The predicted molar refractivity (Wildman–Crippen MR) is 76.3 cm³/mol. The molecule has 5 heteroatoms. The average molecular weight is 288 g/mol. The lowest BCUT2D eigenvalue weighted by Crippen LogP contribution is -1.93. The molecule has 1 atom stereocenters. The van der Waals surface area contributed by atoms with Gasteiger partial charge < -0.3 is 9.54 Å². The largest absolute Gasteiger partial charge is 0.772 e. The number of aromatic amines is 1. The minimum absolute atomic E-state index is 0.00910. The van der Waals surface area contributed by atoms with E-state index >= 15 is 0 Å². The monoisotopic (exact) mass is 288 g/mol. The van der Waals surface area contributed by atoms with Crippen molar-refractivity contribution in [3.8, 4) is 11.1 Å². The average Bonchev–Trinajstić information content (AvgIpc) is 2.81. The number of benzene rings is 2. The molecule has 1 N–H and O–H groups in total. The number of aromatic nitrogens is 1. The summed E-state index contributed by atoms with van der Waals surface area (Å²) < 4.78 is 34.7. The van der Waals surface area contributed by atoms with Gasteiger partial charge in [-0.25, -0.2) is 4.39 Å². The van der Waals surface area contributed by atoms with E-state index in [9.17, 15) is 13.2 Å². The lowest BCUT2D eigenvalue weighted by Gasteiger charge is -2.07. The molecule has 3 nitrogen and oxygen atoms in total. The standard InChI is InChI=1S/C15H12FNO2S/c16-12-4-5-13-14(8-17-15(13)7-12)11-3-1-2-10(6-11)9-20(18)19/h1-8,17H,9H2,(H,18,19)/p-1. The molecule has 0 spiro atoms. The van der Waals surface area contributed by atoms with Crippen molar-refractivity contribution in [3.05, 3.63) is 60.0 Å². The van der Waals surface area contributed by atoms with Gasteiger partial charge in [-0.1, -0.05) is 35.3 Å². The van der Waals surface area contributed by atoms with Crippen molar-refractivity contribution in [1.29, 1.82) is 0 Å². The zero-order valence-corrected chi connectivity index (χ0v) is 11.2. The first-order valence-corrected chi connectivity index (χ1v) is 7.30. The van der Waals surface area contributed by atoms with Gasteiger partial charge in [0, 0.05) is 28.4 Å². The first-order chi connectivity index (χ1) is 9.63. The summed E-state index contributed by atoms with van der Waals surface area (Å²) in [5.74, 6) is -0.299. The molecular weight excluding hydrogens is 277 g/mol. The third-order valence-corrected chi connectivity index (χ3v) is 3.74. The predicted octanol–water partition coefficient (Wildman–Crippen LogP) is 3.35. The van der Waals surface area contributed by atoms with Crippen LogP contribution in [-0.4, -0.2) is 13.7 Å². The maximum atomic E-state index is 13.2. The Labute approximate surface area is 117 Å². The lowest BCUT2D eigenvalue weighted by molar-refractivity contribution is 0.536. The number of nitrogens with one attached hydrogen (secondary N) is 1. The molecule has 20 heavy (non-hydrogen) atoms. The van der Waals surface area contributed by atoms with Crippen LogP contribution < -0.4 is 0 Å². The highest BCUT2D eigenvalue weighted by Crippen LogP contribution is 2.29. The molecule has 0 aliphatic heterocycles. The molecule has 0 radical (unpaired) electrons. The summed E-state index contributed by atoms with van der Waals surface area (Å²) in [5, 5.41) is 0.909. The van der Waals surface area contributed by atoms with Crippen molar-refractivity contribution >= 4 is 22.0 Å². The highest BCUT2D eigenvalue weighted by Gasteiger charge is 2.07. The van der Waals surface area contributed by atoms with E-state index in [1.54, 1.807) is 18.3 Å². The zero-order valence-electron chi connectivity index (χ0n) is 10.4. The number of hydrogen-bond acceptors (Lipinski definition) is 2. The van der Waals surface area contributed by atoms with Crippen LogP contribution in [0, 0.1) is 5.82 Å². The van der Waals surface area contributed by atoms with Crippen molar-refractivity contribution in [2.24, 2.45) is 0 Å². The zero-order chi connectivity index (χ0) is 14.1. The van der Waals surface area contributed by atoms with Crippen molar-refractivity contribution in [2.75, 3.05) is 0 Å². The normalized spacial score (nSPS) is 12.7. The molecule has 102 valence electrons. The quantitative estimate of drug-likeness (QED) is 0.751. The Balaban J connectivity index is 2.09. The number of hydrogen-bond donors (Lipinski definition) is 1. The van der Waals surface area contributed by atoms with E-state index in [-0.39, 0.29) is 11.6 Å². The molecule has 1 unspecified atom stereocenters. The SMILES string of the molecule is O=S([O-])Cc1cccc(-c2c[nH]c3cc(F)ccc23)c1. The van der Waals surface area contributed by atoms with Crippen LogP contribution in [-0.2, 0) is 16.8 Å². The van der Waals surface area contributed by atoms with E-state index in [4.69, 9.17) is 0 Å². The molecule has 0 saturated heterocycles. The topological polar surface area (TPSA) is 55.9 Å². The van der Waals surface area contributed by atoms with E-state index < -0.39 is 11.1 Å². The van der Waals surface area contributed by atoms with Gasteiger partial charge in [0.15, 0.2) is 0 Å². The van der Waals surface area contributed by atoms with Crippen LogP contribution >= 0.6 is 0 Å². The number of rotatable bonds is 3. The molecule has 2 aromatic carbocycles. The van der Waals surface area contributed by atoms with Crippen LogP contribution in [0.1, 0.15) is 5.56 Å². The molecule has 1 heterocycles. The fraction of sp³-hybridized carbons (Fsp3) is 0.0667. The molecule has 0 fully saturated rings. The molecular formula is C15H11FNO2S-. The van der Waals surface area contributed by atoms with E-state index in [1.165, 1.54) is 12.1 Å². The Morgan fingerprint density at radius 1 is 1.20 bits per heavy atom. The van der Waals surface area contributed by atoms with Crippen LogP contribution in [0.2, 0.25) is 0 Å². The Morgan fingerprint density at radius 2 is 2.05 bits per heavy atom. The van der Waals surface area contributed by atoms with E-state index in [0.717, 1.165) is 27.6 Å². The van der Waals surface area contributed by atoms with E-state index in [0.29, 0.717) is 0 Å². The van der Waals surface area contributed by atoms with Crippen molar-refractivity contribution in [1.82, 2.24) is 4.98 Å². The Morgan fingerprint density at radius 3 is 2.85 bits per heavy atom. The number of halogens is 1. The lowest BCUT2D eigenvalue weighted by atomic mass is 10.0. The van der Waals surface area contributed by atoms with Crippen LogP contribution in [0.25, 0.3) is 22.0 Å². The van der Waals surface area contributed by atoms with Gasteiger partial charge in [0.2, 0.25) is 0 Å². The second kappa shape index (κ2) is 5.19. The summed E-state index contributed by atoms with van der Waals surface area (Å²) in [6.45, 7) is 0. The van der Waals surface area contributed by atoms with Gasteiger partial charge in [0.25, 0.3) is 0 Å². The summed E-state index contributed by atoms with van der Waals surface area (Å²) in [6, 6.07) is 11.9. The first-order valence-electron chi connectivity index (χ1n) is 6.05. The Hall–Kier alpha value is -1.98. The van der Waals surface area contributed by atoms with Gasteiger partial charge in [-0.15, -0.1) is 0 Å². The maximum absolute atomic E-state index is 13.2. The summed E-state index contributed by atoms with van der Waals surface area (Å²) in [5.41, 5.74) is 3.29. The first kappa shape index (κ1) is 13.0. The molecule has 0 saturated carbocycles. The molecule has 0 aliphatic rings. The van der Waals surface area contributed by atoms with Gasteiger partial charge in [-0.2, -0.15) is 0 Å². The highest BCUT2D eigenvalue weighted by atomic mass is 32.2. The molecule has 0 amide bonds. The van der Waals surface area contributed by atoms with Crippen LogP contribution in [0.5, 0.6) is 0 Å². The second-order valence-electron chi connectivity index (χ2n) is 4.54. The number of fused-ring (bicyclic) bond motifs is 1. The van der Waals surface area contributed by atoms with Crippen molar-refractivity contribution in [2.45, 2.75) is 5.75 Å². The molecule has 3 rings (SSSR count). The fourth-order valence-electron chi connectivity index (χ4n) is 2.30. The molecule has 0 aliphatic carbocycles. The van der Waals surface area contributed by atoms with Gasteiger partial charge >= 0.3 is 0 Å². The van der Waals surface area contributed by atoms with Crippen LogP contribution in [0.3, 0.4) is 0 Å². The van der Waals surface area contributed by atoms with Crippen LogP contribution in [0.15, 0.2) is 48.7 Å². The summed E-state index contributed by atoms with van der Waals surface area (Å²) in [4.78, 5) is 3.03. The minimum Gasteiger partial charge on any atom is -0.772 e. The van der Waals surface area contributed by atoms with Crippen molar-refractivity contribution < 1.29 is 13.2 Å². The molecule has 3 aromatic rings. The number of H-pyrrole nitrogens is 1. The second-order valence-corrected chi connectivity index (χ2v) is 5.44. The Kier molecular flexibility index (Phi) is 3.38. The fourth-order valence-corrected chi connectivity index (χ4v) is 2.75. The summed E-state index contributed by atoms with van der Waals surface area (Å²) in [7, 11) is 0. The third-order valence-electron chi connectivity index (χ3n) is 3.17. The van der Waals surface area contributed by atoms with E-state index in [1.807, 2.05) is 18.2 Å². The van der Waals surface area contributed by atoms with Gasteiger partial charge in [-0.05, 0) is 29.3 Å². The van der Waals surface area contributed by atoms with Gasteiger partial charge in [0.05, 0.1) is 0 Å². The van der Waals surface area contributed by atoms with Gasteiger partial charge in [0.1, 0.15) is 5.82 Å². The van der Waals surface area contributed by atoms with Gasteiger partial charge in [-0.3, -0.25) is 4.21 Å². The smallest absolute Gasteiger partial charge is 0.125 e. The minimum atomic E-state index is -2.11. The highest BCUT2D eigenvalue weighted by molar-refractivity contribution is 7.78. The summed E-state index contributed by atoms with van der Waals surface area (Å²) >= 11 is -2.11. The Bertz CT molecular complexity index is 797. The maximum Gasteiger partial charge on any atom is 0.125 e.